The predicted molar refractivity (Wildman–Crippen MR) is 101 cm³/mol. The van der Waals surface area contributed by atoms with Gasteiger partial charge in [0.2, 0.25) is 0 Å². The van der Waals surface area contributed by atoms with E-state index in [1.807, 2.05) is 19.2 Å². The lowest BCUT2D eigenvalue weighted by molar-refractivity contribution is -0.118. The fraction of sp³-hybridized carbons (Fsp3) is 0.455. The lowest BCUT2D eigenvalue weighted by atomic mass is 9.86. The number of pyridine rings is 1. The number of benzene rings is 1. The SMILES string of the molecule is Cc1cc(-c2cc3c(cc2COC2CCC2)CCC(=O)C3)cn(C)c1=O. The van der Waals surface area contributed by atoms with E-state index < -0.39 is 0 Å². The largest absolute Gasteiger partial charge is 0.374 e. The molecule has 4 heteroatoms. The Kier molecular flexibility index (Phi) is 4.53. The molecule has 1 heterocycles. The number of hydrogen-bond donors (Lipinski definition) is 0. The monoisotopic (exact) mass is 351 g/mol. The number of aryl methyl sites for hydroxylation is 3. The molecule has 2 aliphatic carbocycles. The van der Waals surface area contributed by atoms with Gasteiger partial charge in [-0.25, -0.2) is 0 Å². The first kappa shape index (κ1) is 17.2. The van der Waals surface area contributed by atoms with Gasteiger partial charge in [0.1, 0.15) is 5.78 Å². The maximum absolute atomic E-state index is 12.1. The van der Waals surface area contributed by atoms with Gasteiger partial charge >= 0.3 is 0 Å². The Bertz CT molecular complexity index is 895. The molecule has 0 N–H and O–H groups in total. The second-order valence-corrected chi connectivity index (χ2v) is 7.69. The van der Waals surface area contributed by atoms with Crippen LogP contribution < -0.4 is 5.56 Å². The van der Waals surface area contributed by atoms with Crippen LogP contribution in [0.3, 0.4) is 0 Å². The zero-order valence-corrected chi connectivity index (χ0v) is 15.5. The van der Waals surface area contributed by atoms with Crippen molar-refractivity contribution in [3.8, 4) is 11.1 Å². The molecule has 136 valence electrons. The van der Waals surface area contributed by atoms with Crippen molar-refractivity contribution in [1.29, 1.82) is 0 Å². The molecule has 4 rings (SSSR count). The molecule has 0 atom stereocenters. The van der Waals surface area contributed by atoms with Crippen LogP contribution in [0.15, 0.2) is 29.2 Å². The van der Waals surface area contributed by atoms with Gasteiger partial charge < -0.3 is 9.30 Å². The van der Waals surface area contributed by atoms with Crippen molar-refractivity contribution in [1.82, 2.24) is 4.57 Å². The highest BCUT2D eigenvalue weighted by atomic mass is 16.5. The Morgan fingerprint density at radius 1 is 1.12 bits per heavy atom. The highest BCUT2D eigenvalue weighted by molar-refractivity contribution is 5.84. The summed E-state index contributed by atoms with van der Waals surface area (Å²) in [5, 5.41) is 0. The number of Topliss-reactive ketones (excluding diaryl/α,β-unsaturated/α-hetero) is 1. The fourth-order valence-electron chi connectivity index (χ4n) is 3.87. The number of rotatable bonds is 4. The summed E-state index contributed by atoms with van der Waals surface area (Å²) in [5.41, 5.74) is 6.38. The molecule has 0 radical (unpaired) electrons. The number of carbonyl (C=O) groups excluding carboxylic acids is 1. The normalized spacial score (nSPS) is 17.1. The van der Waals surface area contributed by atoms with Gasteiger partial charge in [-0.15, -0.1) is 0 Å². The van der Waals surface area contributed by atoms with E-state index in [2.05, 4.69) is 12.1 Å². The maximum atomic E-state index is 12.1. The number of carbonyl (C=O) groups is 1. The van der Waals surface area contributed by atoms with Crippen LogP contribution in [-0.4, -0.2) is 16.5 Å². The smallest absolute Gasteiger partial charge is 0.253 e. The number of fused-ring (bicyclic) bond motifs is 1. The van der Waals surface area contributed by atoms with E-state index in [4.69, 9.17) is 4.74 Å². The topological polar surface area (TPSA) is 48.3 Å². The van der Waals surface area contributed by atoms with Crippen LogP contribution >= 0.6 is 0 Å². The molecule has 1 fully saturated rings. The van der Waals surface area contributed by atoms with E-state index >= 15 is 0 Å². The van der Waals surface area contributed by atoms with Gasteiger partial charge in [-0.05, 0) is 66.5 Å². The highest BCUT2D eigenvalue weighted by Crippen LogP contribution is 2.32. The second-order valence-electron chi connectivity index (χ2n) is 7.69. The van der Waals surface area contributed by atoms with Crippen LogP contribution in [0.1, 0.15) is 47.9 Å². The van der Waals surface area contributed by atoms with E-state index in [0.717, 1.165) is 47.1 Å². The highest BCUT2D eigenvalue weighted by Gasteiger charge is 2.22. The van der Waals surface area contributed by atoms with Gasteiger partial charge in [-0.2, -0.15) is 0 Å². The van der Waals surface area contributed by atoms with Gasteiger partial charge in [0, 0.05) is 31.6 Å². The Hall–Kier alpha value is -2.20. The molecule has 26 heavy (non-hydrogen) atoms. The van der Waals surface area contributed by atoms with Crippen molar-refractivity contribution in [3.63, 3.8) is 0 Å². The van der Waals surface area contributed by atoms with Crippen molar-refractivity contribution in [2.24, 2.45) is 7.05 Å². The number of hydrogen-bond acceptors (Lipinski definition) is 3. The molecular formula is C22H25NO3. The molecule has 0 aliphatic heterocycles. The lowest BCUT2D eigenvalue weighted by Crippen LogP contribution is -2.22. The lowest BCUT2D eigenvalue weighted by Gasteiger charge is -2.27. The van der Waals surface area contributed by atoms with E-state index in [-0.39, 0.29) is 5.56 Å². The van der Waals surface area contributed by atoms with Gasteiger partial charge in [0.15, 0.2) is 0 Å². The third-order valence-electron chi connectivity index (χ3n) is 5.69. The molecule has 0 saturated heterocycles. The predicted octanol–water partition coefficient (Wildman–Crippen LogP) is 3.49. The summed E-state index contributed by atoms with van der Waals surface area (Å²) in [5.74, 6) is 0.304. The van der Waals surface area contributed by atoms with E-state index in [9.17, 15) is 9.59 Å². The molecule has 2 aliphatic rings. The summed E-state index contributed by atoms with van der Waals surface area (Å²) in [7, 11) is 1.78. The van der Waals surface area contributed by atoms with Crippen molar-refractivity contribution in [3.05, 3.63) is 57.0 Å². The van der Waals surface area contributed by atoms with Crippen LogP contribution in [0.2, 0.25) is 0 Å². The summed E-state index contributed by atoms with van der Waals surface area (Å²) < 4.78 is 7.72. The van der Waals surface area contributed by atoms with Crippen LogP contribution in [-0.2, 0) is 36.0 Å². The van der Waals surface area contributed by atoms with E-state index in [1.165, 1.54) is 12.0 Å². The summed E-state index contributed by atoms with van der Waals surface area (Å²) in [6, 6.07) is 6.31. The minimum Gasteiger partial charge on any atom is -0.374 e. The molecule has 0 bridgehead atoms. The van der Waals surface area contributed by atoms with Gasteiger partial charge in [0.05, 0.1) is 12.7 Å². The minimum absolute atomic E-state index is 0.0224. The maximum Gasteiger partial charge on any atom is 0.253 e. The average molecular weight is 351 g/mol. The zero-order chi connectivity index (χ0) is 18.3. The first-order chi connectivity index (χ1) is 12.5. The van der Waals surface area contributed by atoms with Crippen molar-refractivity contribution in [2.45, 2.75) is 58.2 Å². The summed E-state index contributed by atoms with van der Waals surface area (Å²) in [6.45, 7) is 2.43. The first-order valence-corrected chi connectivity index (χ1v) is 9.47. The summed E-state index contributed by atoms with van der Waals surface area (Å²) >= 11 is 0. The van der Waals surface area contributed by atoms with Crippen LogP contribution in [0.5, 0.6) is 0 Å². The number of aromatic nitrogens is 1. The number of ketones is 1. The first-order valence-electron chi connectivity index (χ1n) is 9.47. The van der Waals surface area contributed by atoms with Gasteiger partial charge in [0.25, 0.3) is 5.56 Å². The Balaban J connectivity index is 1.78. The number of nitrogens with zero attached hydrogens (tertiary/aromatic N) is 1. The molecule has 1 aromatic heterocycles. The second kappa shape index (κ2) is 6.84. The minimum atomic E-state index is 0.0224. The van der Waals surface area contributed by atoms with Crippen molar-refractivity contribution >= 4 is 5.78 Å². The molecule has 0 amide bonds. The molecule has 0 unspecified atom stereocenters. The van der Waals surface area contributed by atoms with Gasteiger partial charge in [-0.1, -0.05) is 12.1 Å². The Labute approximate surface area is 153 Å². The third-order valence-corrected chi connectivity index (χ3v) is 5.69. The van der Waals surface area contributed by atoms with Crippen molar-refractivity contribution < 1.29 is 9.53 Å². The van der Waals surface area contributed by atoms with Crippen LogP contribution in [0.4, 0.5) is 0 Å². The molecule has 1 aromatic carbocycles. The number of ether oxygens (including phenoxy) is 1. The standard InChI is InChI=1S/C22H25NO3/c1-14-8-17(12-23(2)22(14)25)21-11-16-10-19(24)7-6-15(16)9-18(21)13-26-20-4-3-5-20/h8-9,11-12,20H,3-7,10,13H2,1-2H3. The quantitative estimate of drug-likeness (QED) is 0.847. The van der Waals surface area contributed by atoms with Crippen LogP contribution in [0, 0.1) is 6.92 Å². The molecule has 1 saturated carbocycles. The van der Waals surface area contributed by atoms with Crippen LogP contribution in [0.25, 0.3) is 11.1 Å². The summed E-state index contributed by atoms with van der Waals surface area (Å²) in [6.07, 6.45) is 7.77. The molecule has 4 nitrogen and oxygen atoms in total. The summed E-state index contributed by atoms with van der Waals surface area (Å²) in [4.78, 5) is 24.0. The molecular weight excluding hydrogens is 326 g/mol. The fourth-order valence-corrected chi connectivity index (χ4v) is 3.87. The van der Waals surface area contributed by atoms with Crippen molar-refractivity contribution in [2.75, 3.05) is 0 Å². The Morgan fingerprint density at radius 3 is 2.62 bits per heavy atom. The van der Waals surface area contributed by atoms with E-state index in [1.54, 1.807) is 11.6 Å². The van der Waals surface area contributed by atoms with Gasteiger partial charge in [-0.3, -0.25) is 9.59 Å². The molecule has 2 aromatic rings. The Morgan fingerprint density at radius 2 is 1.92 bits per heavy atom. The third kappa shape index (κ3) is 3.26. The average Bonchev–Trinajstić information content (AvgIpc) is 2.57. The van der Waals surface area contributed by atoms with E-state index in [0.29, 0.717) is 31.3 Å². The molecule has 0 spiro atoms. The zero-order valence-electron chi connectivity index (χ0n) is 15.5.